The van der Waals surface area contributed by atoms with Crippen LogP contribution in [-0.2, 0) is 6.42 Å². The highest BCUT2D eigenvalue weighted by Crippen LogP contribution is 2.29. The van der Waals surface area contributed by atoms with Gasteiger partial charge in [-0.3, -0.25) is 0 Å². The summed E-state index contributed by atoms with van der Waals surface area (Å²) in [6.07, 6.45) is 1.97. The Bertz CT molecular complexity index is 374. The third-order valence-corrected chi connectivity index (χ3v) is 2.94. The molecule has 0 spiro atoms. The van der Waals surface area contributed by atoms with Crippen molar-refractivity contribution in [2.75, 3.05) is 18.5 Å². The van der Waals surface area contributed by atoms with Gasteiger partial charge in [0.2, 0.25) is 0 Å². The predicted octanol–water partition coefficient (Wildman–Crippen LogP) is 2.16. The smallest absolute Gasteiger partial charge is 0.122 e. The fourth-order valence-corrected chi connectivity index (χ4v) is 2.08. The van der Waals surface area contributed by atoms with E-state index in [4.69, 9.17) is 10.5 Å². The minimum absolute atomic E-state index is 0.0441. The van der Waals surface area contributed by atoms with Crippen LogP contribution in [0.1, 0.15) is 25.8 Å². The molecule has 0 unspecified atom stereocenters. The fraction of sp³-hybridized carbons (Fsp3) is 0.538. The van der Waals surface area contributed by atoms with E-state index in [0.29, 0.717) is 6.54 Å². The van der Waals surface area contributed by atoms with E-state index in [0.717, 1.165) is 30.9 Å². The van der Waals surface area contributed by atoms with Crippen molar-refractivity contribution in [1.29, 1.82) is 0 Å². The second-order valence-corrected chi connectivity index (χ2v) is 4.97. The Morgan fingerprint density at radius 3 is 3.00 bits per heavy atom. The summed E-state index contributed by atoms with van der Waals surface area (Å²) in [5.41, 5.74) is 8.10. The zero-order chi connectivity index (χ0) is 11.6. The standard InChI is InChI=1S/C13H20N2O/c1-13(2,6-7-14)15-11-3-4-12-10(9-11)5-8-16-12/h3-4,9,15H,5-8,14H2,1-2H3. The SMILES string of the molecule is CC(C)(CCN)Nc1ccc2c(c1)CCO2. The molecule has 0 fully saturated rings. The minimum Gasteiger partial charge on any atom is -0.493 e. The third kappa shape index (κ3) is 2.47. The average molecular weight is 220 g/mol. The van der Waals surface area contributed by atoms with Gasteiger partial charge in [-0.15, -0.1) is 0 Å². The number of hydrogen-bond acceptors (Lipinski definition) is 3. The third-order valence-electron chi connectivity index (χ3n) is 2.94. The lowest BCUT2D eigenvalue weighted by atomic mass is 10.00. The lowest BCUT2D eigenvalue weighted by Crippen LogP contribution is -2.33. The average Bonchev–Trinajstić information content (AvgIpc) is 2.63. The second-order valence-electron chi connectivity index (χ2n) is 4.97. The number of nitrogens with one attached hydrogen (secondary N) is 1. The Labute approximate surface area is 97.0 Å². The van der Waals surface area contributed by atoms with Crippen LogP contribution in [0.2, 0.25) is 0 Å². The molecular weight excluding hydrogens is 200 g/mol. The number of ether oxygens (including phenoxy) is 1. The number of benzene rings is 1. The Hall–Kier alpha value is -1.22. The van der Waals surface area contributed by atoms with Gasteiger partial charge in [0.15, 0.2) is 0 Å². The summed E-state index contributed by atoms with van der Waals surface area (Å²) in [6, 6.07) is 6.30. The molecule has 1 aromatic rings. The van der Waals surface area contributed by atoms with Gasteiger partial charge in [-0.2, -0.15) is 0 Å². The lowest BCUT2D eigenvalue weighted by molar-refractivity contribution is 0.357. The first-order valence-corrected chi connectivity index (χ1v) is 5.85. The maximum absolute atomic E-state index is 5.60. The molecule has 0 atom stereocenters. The van der Waals surface area contributed by atoms with Crippen LogP contribution in [0, 0.1) is 0 Å². The van der Waals surface area contributed by atoms with Crippen LogP contribution in [0.25, 0.3) is 0 Å². The molecular formula is C13H20N2O. The van der Waals surface area contributed by atoms with Gasteiger partial charge in [-0.1, -0.05) is 0 Å². The maximum Gasteiger partial charge on any atom is 0.122 e. The molecule has 3 N–H and O–H groups in total. The van der Waals surface area contributed by atoms with Crippen molar-refractivity contribution in [3.63, 3.8) is 0 Å². The van der Waals surface area contributed by atoms with E-state index in [1.807, 2.05) is 6.07 Å². The van der Waals surface area contributed by atoms with Crippen LogP contribution in [0.5, 0.6) is 5.75 Å². The molecule has 0 bridgehead atoms. The molecule has 0 saturated heterocycles. The van der Waals surface area contributed by atoms with Crippen LogP contribution < -0.4 is 15.8 Å². The molecule has 0 saturated carbocycles. The van der Waals surface area contributed by atoms with Crippen molar-refractivity contribution in [3.8, 4) is 5.75 Å². The molecule has 3 heteroatoms. The molecule has 0 aromatic heterocycles. The van der Waals surface area contributed by atoms with Gasteiger partial charge in [0.1, 0.15) is 5.75 Å². The minimum atomic E-state index is 0.0441. The second kappa shape index (κ2) is 4.34. The number of hydrogen-bond donors (Lipinski definition) is 2. The molecule has 0 radical (unpaired) electrons. The Balaban J connectivity index is 2.10. The van der Waals surface area contributed by atoms with Gasteiger partial charge >= 0.3 is 0 Å². The topological polar surface area (TPSA) is 47.3 Å². The van der Waals surface area contributed by atoms with Gasteiger partial charge in [-0.25, -0.2) is 0 Å². The summed E-state index contributed by atoms with van der Waals surface area (Å²) in [7, 11) is 0. The highest BCUT2D eigenvalue weighted by molar-refractivity contribution is 5.53. The van der Waals surface area contributed by atoms with Crippen LogP contribution in [0.15, 0.2) is 18.2 Å². The van der Waals surface area contributed by atoms with Crippen LogP contribution >= 0.6 is 0 Å². The van der Waals surface area contributed by atoms with Gasteiger partial charge < -0.3 is 15.8 Å². The van der Waals surface area contributed by atoms with Crippen molar-refractivity contribution < 1.29 is 4.74 Å². The number of rotatable bonds is 4. The fourth-order valence-electron chi connectivity index (χ4n) is 2.08. The molecule has 88 valence electrons. The summed E-state index contributed by atoms with van der Waals surface area (Å²) >= 11 is 0. The normalized spacial score (nSPS) is 14.4. The Morgan fingerprint density at radius 1 is 1.44 bits per heavy atom. The number of fused-ring (bicyclic) bond motifs is 1. The van der Waals surface area contributed by atoms with E-state index >= 15 is 0 Å². The van der Waals surface area contributed by atoms with Gasteiger partial charge in [-0.05, 0) is 50.6 Å². The van der Waals surface area contributed by atoms with Crippen molar-refractivity contribution in [1.82, 2.24) is 0 Å². The first-order valence-electron chi connectivity index (χ1n) is 5.85. The highest BCUT2D eigenvalue weighted by atomic mass is 16.5. The molecule has 16 heavy (non-hydrogen) atoms. The summed E-state index contributed by atoms with van der Waals surface area (Å²) < 4.78 is 5.48. The molecule has 1 aromatic carbocycles. The van der Waals surface area contributed by atoms with Crippen molar-refractivity contribution >= 4 is 5.69 Å². The van der Waals surface area contributed by atoms with Crippen LogP contribution in [-0.4, -0.2) is 18.7 Å². The van der Waals surface area contributed by atoms with Gasteiger partial charge in [0.25, 0.3) is 0 Å². The molecule has 1 aliphatic rings. The summed E-state index contributed by atoms with van der Waals surface area (Å²) in [4.78, 5) is 0. The van der Waals surface area contributed by atoms with E-state index in [2.05, 4.69) is 31.3 Å². The monoisotopic (exact) mass is 220 g/mol. The first kappa shape index (κ1) is 11.3. The van der Waals surface area contributed by atoms with Crippen molar-refractivity contribution in [3.05, 3.63) is 23.8 Å². The number of nitrogens with two attached hydrogens (primary N) is 1. The van der Waals surface area contributed by atoms with Gasteiger partial charge in [0.05, 0.1) is 6.61 Å². The van der Waals surface area contributed by atoms with Crippen LogP contribution in [0.4, 0.5) is 5.69 Å². The molecule has 2 rings (SSSR count). The highest BCUT2D eigenvalue weighted by Gasteiger charge is 2.18. The Kier molecular flexibility index (Phi) is 3.06. The van der Waals surface area contributed by atoms with Gasteiger partial charge in [0, 0.05) is 17.6 Å². The molecule has 0 aliphatic carbocycles. The first-order chi connectivity index (χ1) is 7.61. The molecule has 1 aliphatic heterocycles. The van der Waals surface area contributed by atoms with E-state index < -0.39 is 0 Å². The molecule has 3 nitrogen and oxygen atoms in total. The molecule has 0 amide bonds. The quantitative estimate of drug-likeness (QED) is 0.817. The van der Waals surface area contributed by atoms with E-state index in [9.17, 15) is 0 Å². The zero-order valence-corrected chi connectivity index (χ0v) is 10.0. The molecule has 1 heterocycles. The van der Waals surface area contributed by atoms with Crippen molar-refractivity contribution in [2.45, 2.75) is 32.2 Å². The largest absolute Gasteiger partial charge is 0.493 e. The number of anilines is 1. The summed E-state index contributed by atoms with van der Waals surface area (Å²) in [5.74, 6) is 1.03. The van der Waals surface area contributed by atoms with E-state index in [1.54, 1.807) is 0 Å². The predicted molar refractivity (Wildman–Crippen MR) is 67.0 cm³/mol. The van der Waals surface area contributed by atoms with Crippen molar-refractivity contribution in [2.24, 2.45) is 5.73 Å². The van der Waals surface area contributed by atoms with E-state index in [-0.39, 0.29) is 5.54 Å². The zero-order valence-electron chi connectivity index (χ0n) is 10.0. The van der Waals surface area contributed by atoms with E-state index in [1.165, 1.54) is 5.56 Å². The Morgan fingerprint density at radius 2 is 2.25 bits per heavy atom. The summed E-state index contributed by atoms with van der Waals surface area (Å²) in [5, 5.41) is 3.51. The van der Waals surface area contributed by atoms with Crippen LogP contribution in [0.3, 0.4) is 0 Å². The maximum atomic E-state index is 5.60. The lowest BCUT2D eigenvalue weighted by Gasteiger charge is -2.27. The summed E-state index contributed by atoms with van der Waals surface area (Å²) in [6.45, 7) is 5.85.